The van der Waals surface area contributed by atoms with Crippen LogP contribution < -0.4 is 0 Å². The van der Waals surface area contributed by atoms with Gasteiger partial charge in [0.2, 0.25) is 0 Å². The molecule has 0 aliphatic carbocycles. The minimum absolute atomic E-state index is 0.0746. The maximum absolute atomic E-state index is 12.7. The highest BCUT2D eigenvalue weighted by atomic mass is 16.3. The molecule has 0 saturated carbocycles. The van der Waals surface area contributed by atoms with Gasteiger partial charge < -0.3 is 9.32 Å². The molecule has 1 saturated heterocycles. The van der Waals surface area contributed by atoms with Crippen molar-refractivity contribution in [1.29, 1.82) is 0 Å². The zero-order valence-corrected chi connectivity index (χ0v) is 16.5. The molecule has 4 rings (SSSR count). The second-order valence-corrected chi connectivity index (χ2v) is 7.57. The molecule has 1 fully saturated rings. The first-order chi connectivity index (χ1) is 13.5. The van der Waals surface area contributed by atoms with E-state index in [0.717, 1.165) is 36.7 Å². The Morgan fingerprint density at radius 3 is 2.89 bits per heavy atom. The summed E-state index contributed by atoms with van der Waals surface area (Å²) >= 11 is 0. The fourth-order valence-electron chi connectivity index (χ4n) is 3.76. The third-order valence-corrected chi connectivity index (χ3v) is 5.15. The zero-order chi connectivity index (χ0) is 19.7. The van der Waals surface area contributed by atoms with Crippen LogP contribution in [0, 0.1) is 6.92 Å². The molecule has 3 aromatic rings. The molecule has 7 nitrogen and oxygen atoms in total. The molecule has 1 aliphatic heterocycles. The van der Waals surface area contributed by atoms with Crippen molar-refractivity contribution in [3.8, 4) is 5.82 Å². The minimum atomic E-state index is -0.0746. The first-order valence-electron chi connectivity index (χ1n) is 9.75. The highest BCUT2D eigenvalue weighted by molar-refractivity contribution is 5.92. The number of likely N-dealkylation sites (tertiary alicyclic amines) is 1. The fourth-order valence-corrected chi connectivity index (χ4v) is 3.76. The van der Waals surface area contributed by atoms with Gasteiger partial charge in [-0.05, 0) is 25.0 Å². The Bertz CT molecular complexity index is 975. The highest BCUT2D eigenvalue weighted by Gasteiger charge is 2.28. The predicted molar refractivity (Wildman–Crippen MR) is 105 cm³/mol. The average Bonchev–Trinajstić information content (AvgIpc) is 3.37. The maximum atomic E-state index is 12.7. The summed E-state index contributed by atoms with van der Waals surface area (Å²) in [5, 5.41) is 0. The third kappa shape index (κ3) is 3.56. The number of piperidine rings is 1. The van der Waals surface area contributed by atoms with E-state index < -0.39 is 0 Å². The van der Waals surface area contributed by atoms with Crippen LogP contribution in [0.5, 0.6) is 0 Å². The van der Waals surface area contributed by atoms with Crippen LogP contribution >= 0.6 is 0 Å². The first kappa shape index (κ1) is 18.4. The standard InChI is InChI=1S/C21H25N5O2/c1-14(2)20-22-9-11-26(20)19-8-4-7-17(24-19)16-6-5-10-25(12-16)21(27)18-13-28-15(3)23-18/h4,7-9,11,13-14,16H,5-6,10,12H2,1-3H3/t16-/m0/s1. The number of hydrogen-bond donors (Lipinski definition) is 0. The van der Waals surface area contributed by atoms with Crippen LogP contribution in [-0.4, -0.2) is 43.4 Å². The topological polar surface area (TPSA) is 77.1 Å². The van der Waals surface area contributed by atoms with Crippen molar-refractivity contribution < 1.29 is 9.21 Å². The lowest BCUT2D eigenvalue weighted by atomic mass is 9.94. The number of carbonyl (C=O) groups excluding carboxylic acids is 1. The number of aromatic nitrogens is 4. The van der Waals surface area contributed by atoms with Crippen LogP contribution in [0.2, 0.25) is 0 Å². The number of aryl methyl sites for hydroxylation is 1. The van der Waals surface area contributed by atoms with Gasteiger partial charge in [0.15, 0.2) is 11.6 Å². The summed E-state index contributed by atoms with van der Waals surface area (Å²) in [7, 11) is 0. The monoisotopic (exact) mass is 379 g/mol. The highest BCUT2D eigenvalue weighted by Crippen LogP contribution is 2.27. The van der Waals surface area contributed by atoms with Gasteiger partial charge in [0.25, 0.3) is 5.91 Å². The van der Waals surface area contributed by atoms with E-state index in [1.165, 1.54) is 6.26 Å². The first-order valence-corrected chi connectivity index (χ1v) is 9.75. The summed E-state index contributed by atoms with van der Waals surface area (Å²) in [6.45, 7) is 7.37. The molecule has 0 spiro atoms. The summed E-state index contributed by atoms with van der Waals surface area (Å²) in [6, 6.07) is 6.08. The van der Waals surface area contributed by atoms with Gasteiger partial charge in [-0.1, -0.05) is 19.9 Å². The molecule has 1 atom stereocenters. The van der Waals surface area contributed by atoms with Gasteiger partial charge in [-0.3, -0.25) is 9.36 Å². The molecule has 0 N–H and O–H groups in total. The normalized spacial score (nSPS) is 17.3. The third-order valence-electron chi connectivity index (χ3n) is 5.15. The Morgan fingerprint density at radius 2 is 2.14 bits per heavy atom. The van der Waals surface area contributed by atoms with E-state index in [-0.39, 0.29) is 11.8 Å². The van der Waals surface area contributed by atoms with Crippen molar-refractivity contribution in [1.82, 2.24) is 24.4 Å². The molecule has 28 heavy (non-hydrogen) atoms. The Labute approximate surface area is 164 Å². The Hall–Kier alpha value is -2.96. The van der Waals surface area contributed by atoms with Crippen molar-refractivity contribution in [3.63, 3.8) is 0 Å². The quantitative estimate of drug-likeness (QED) is 0.691. The molecule has 4 heterocycles. The van der Waals surface area contributed by atoms with E-state index in [2.05, 4.69) is 23.8 Å². The van der Waals surface area contributed by atoms with E-state index >= 15 is 0 Å². The van der Waals surface area contributed by atoms with Crippen molar-refractivity contribution in [2.75, 3.05) is 13.1 Å². The smallest absolute Gasteiger partial charge is 0.275 e. The van der Waals surface area contributed by atoms with Gasteiger partial charge in [0, 0.05) is 49.9 Å². The van der Waals surface area contributed by atoms with E-state index in [1.807, 2.05) is 40.1 Å². The molecule has 0 unspecified atom stereocenters. The molecule has 146 valence electrons. The van der Waals surface area contributed by atoms with Gasteiger partial charge in [-0.25, -0.2) is 15.0 Å². The number of oxazole rings is 1. The molecule has 3 aromatic heterocycles. The number of hydrogen-bond acceptors (Lipinski definition) is 5. The summed E-state index contributed by atoms with van der Waals surface area (Å²) < 4.78 is 7.24. The summed E-state index contributed by atoms with van der Waals surface area (Å²) in [4.78, 5) is 28.1. The number of rotatable bonds is 4. The number of nitrogens with zero attached hydrogens (tertiary/aromatic N) is 5. The van der Waals surface area contributed by atoms with Crippen molar-refractivity contribution in [3.05, 3.63) is 60.0 Å². The minimum Gasteiger partial charge on any atom is -0.448 e. The van der Waals surface area contributed by atoms with E-state index in [1.54, 1.807) is 6.92 Å². The van der Waals surface area contributed by atoms with Crippen LogP contribution in [0.4, 0.5) is 0 Å². The van der Waals surface area contributed by atoms with Crippen LogP contribution in [0.1, 0.15) is 66.4 Å². The van der Waals surface area contributed by atoms with Crippen molar-refractivity contribution in [2.24, 2.45) is 0 Å². The molecule has 0 radical (unpaired) electrons. The number of imidazole rings is 1. The predicted octanol–water partition coefficient (Wildman–Crippen LogP) is 3.71. The fraction of sp³-hybridized carbons (Fsp3) is 0.429. The van der Waals surface area contributed by atoms with Crippen LogP contribution in [-0.2, 0) is 0 Å². The molecule has 0 bridgehead atoms. The number of pyridine rings is 1. The largest absolute Gasteiger partial charge is 0.448 e. The van der Waals surface area contributed by atoms with Gasteiger partial charge in [0.05, 0.1) is 0 Å². The van der Waals surface area contributed by atoms with Crippen molar-refractivity contribution in [2.45, 2.75) is 45.4 Å². The molecule has 7 heteroatoms. The lowest BCUT2D eigenvalue weighted by Crippen LogP contribution is -2.39. The van der Waals surface area contributed by atoms with Gasteiger partial charge >= 0.3 is 0 Å². The molecule has 1 amide bonds. The van der Waals surface area contributed by atoms with Crippen LogP contribution in [0.3, 0.4) is 0 Å². The molecular weight excluding hydrogens is 354 g/mol. The zero-order valence-electron chi connectivity index (χ0n) is 16.5. The van der Waals surface area contributed by atoms with Gasteiger partial charge in [0.1, 0.15) is 17.9 Å². The lowest BCUT2D eigenvalue weighted by molar-refractivity contribution is 0.0700. The van der Waals surface area contributed by atoms with E-state index in [0.29, 0.717) is 24.0 Å². The Balaban J connectivity index is 1.56. The summed E-state index contributed by atoms with van der Waals surface area (Å²) in [5.74, 6) is 2.81. The molecule has 0 aromatic carbocycles. The number of amides is 1. The van der Waals surface area contributed by atoms with E-state index in [9.17, 15) is 4.79 Å². The second-order valence-electron chi connectivity index (χ2n) is 7.57. The Morgan fingerprint density at radius 1 is 1.29 bits per heavy atom. The molecule has 1 aliphatic rings. The summed E-state index contributed by atoms with van der Waals surface area (Å²) in [6.07, 6.45) is 7.16. The average molecular weight is 379 g/mol. The SMILES string of the molecule is Cc1nc(C(=O)N2CCC[C@H](c3cccc(-n4ccnc4C(C)C)n3)C2)co1. The van der Waals surface area contributed by atoms with Gasteiger partial charge in [-0.2, -0.15) is 0 Å². The molecular formula is C21H25N5O2. The second kappa shape index (κ2) is 7.58. The maximum Gasteiger partial charge on any atom is 0.275 e. The lowest BCUT2D eigenvalue weighted by Gasteiger charge is -2.32. The Kier molecular flexibility index (Phi) is 4.98. The van der Waals surface area contributed by atoms with Gasteiger partial charge in [-0.15, -0.1) is 0 Å². The van der Waals surface area contributed by atoms with Crippen LogP contribution in [0.15, 0.2) is 41.3 Å². The van der Waals surface area contributed by atoms with Crippen LogP contribution in [0.25, 0.3) is 5.82 Å². The van der Waals surface area contributed by atoms with E-state index in [4.69, 9.17) is 9.40 Å². The number of carbonyl (C=O) groups is 1. The summed E-state index contributed by atoms with van der Waals surface area (Å²) in [5.41, 5.74) is 1.38. The van der Waals surface area contributed by atoms with Crippen molar-refractivity contribution >= 4 is 5.91 Å².